The summed E-state index contributed by atoms with van der Waals surface area (Å²) in [5.74, 6) is 0.294. The van der Waals surface area contributed by atoms with Crippen LogP contribution in [-0.2, 0) is 11.3 Å². The number of halogens is 2. The number of isocyanates is 1. The Balaban J connectivity index is 2.52. The highest BCUT2D eigenvalue weighted by molar-refractivity contribution is 9.10. The van der Waals surface area contributed by atoms with Crippen LogP contribution in [0.3, 0.4) is 0 Å². The zero-order chi connectivity index (χ0) is 12.3. The van der Waals surface area contributed by atoms with Crippen molar-refractivity contribution in [1.82, 2.24) is 0 Å². The number of hydrogen-bond acceptors (Lipinski definition) is 4. The van der Waals surface area contributed by atoms with Crippen molar-refractivity contribution in [3.05, 3.63) is 21.9 Å². The molecule has 0 bridgehead atoms. The minimum atomic E-state index is -0.492. The van der Waals surface area contributed by atoms with Gasteiger partial charge in [-0.25, -0.2) is 14.2 Å². The lowest BCUT2D eigenvalue weighted by atomic mass is 10.1. The van der Waals surface area contributed by atoms with Crippen LogP contribution in [0.5, 0.6) is 11.5 Å². The highest BCUT2D eigenvalue weighted by Crippen LogP contribution is 2.39. The van der Waals surface area contributed by atoms with Gasteiger partial charge < -0.3 is 9.47 Å². The molecule has 0 N–H and O–H groups in total. The first-order chi connectivity index (χ1) is 8.24. The van der Waals surface area contributed by atoms with Crippen LogP contribution in [0.4, 0.5) is 4.39 Å². The number of hydrogen-bond donors (Lipinski definition) is 0. The number of ether oxygens (including phenoxy) is 2. The molecule has 0 unspecified atom stereocenters. The van der Waals surface area contributed by atoms with Crippen molar-refractivity contribution in [2.75, 3.05) is 13.2 Å². The summed E-state index contributed by atoms with van der Waals surface area (Å²) in [5.41, 5.74) is 0.208. The normalized spacial score (nSPS) is 13.8. The highest BCUT2D eigenvalue weighted by Gasteiger charge is 2.21. The number of carbonyl (C=O) groups excluding carboxylic acids is 1. The number of nitrogens with zero attached hydrogens (tertiary/aromatic N) is 1. The number of fused-ring (bicyclic) bond motifs is 1. The van der Waals surface area contributed by atoms with E-state index < -0.39 is 5.82 Å². The molecule has 0 radical (unpaired) electrons. The second-order valence-electron chi connectivity index (χ2n) is 3.44. The van der Waals surface area contributed by atoms with Crippen molar-refractivity contribution in [2.24, 2.45) is 4.99 Å². The van der Waals surface area contributed by atoms with Crippen LogP contribution in [0, 0.1) is 5.82 Å². The summed E-state index contributed by atoms with van der Waals surface area (Å²) < 4.78 is 25.0. The lowest BCUT2D eigenvalue weighted by molar-refractivity contribution is 0.296. The predicted molar refractivity (Wildman–Crippen MR) is 61.5 cm³/mol. The summed E-state index contributed by atoms with van der Waals surface area (Å²) in [6.07, 6.45) is 2.11. The molecule has 0 fully saturated rings. The van der Waals surface area contributed by atoms with Gasteiger partial charge in [-0.15, -0.1) is 0 Å². The van der Waals surface area contributed by atoms with Crippen molar-refractivity contribution in [2.45, 2.75) is 13.0 Å². The van der Waals surface area contributed by atoms with Crippen molar-refractivity contribution < 1.29 is 18.7 Å². The third-order valence-corrected chi connectivity index (χ3v) is 2.90. The molecule has 1 aromatic rings. The molecule has 0 atom stereocenters. The molecule has 0 saturated carbocycles. The molecular weight excluding hydrogens is 293 g/mol. The van der Waals surface area contributed by atoms with Crippen molar-refractivity contribution in [1.29, 1.82) is 0 Å². The maximum Gasteiger partial charge on any atom is 0.235 e. The van der Waals surface area contributed by atoms with E-state index in [1.165, 1.54) is 12.1 Å². The lowest BCUT2D eigenvalue weighted by Crippen LogP contribution is -2.00. The first-order valence-corrected chi connectivity index (χ1v) is 5.83. The molecule has 0 aliphatic carbocycles. The summed E-state index contributed by atoms with van der Waals surface area (Å²) in [5, 5.41) is 0. The van der Waals surface area contributed by atoms with Crippen LogP contribution in [0.2, 0.25) is 0 Å². The standard InChI is InChI=1S/C11H9BrFNO3/c12-8-4-9-11(17-3-1-2-16-9)7(10(8)13)5-14-6-15/h4H,1-3,5H2. The van der Waals surface area contributed by atoms with E-state index in [9.17, 15) is 9.18 Å². The Labute approximate surface area is 106 Å². The summed E-state index contributed by atoms with van der Waals surface area (Å²) >= 11 is 3.09. The van der Waals surface area contributed by atoms with Crippen LogP contribution >= 0.6 is 15.9 Å². The van der Waals surface area contributed by atoms with Gasteiger partial charge in [0.2, 0.25) is 6.08 Å². The molecule has 6 heteroatoms. The van der Waals surface area contributed by atoms with Gasteiger partial charge in [-0.3, -0.25) is 0 Å². The Kier molecular flexibility index (Phi) is 3.76. The third kappa shape index (κ3) is 2.48. The summed E-state index contributed by atoms with van der Waals surface area (Å²) in [7, 11) is 0. The van der Waals surface area contributed by atoms with Crippen LogP contribution < -0.4 is 9.47 Å². The Morgan fingerprint density at radius 2 is 2.24 bits per heavy atom. The van der Waals surface area contributed by atoms with E-state index in [4.69, 9.17) is 9.47 Å². The largest absolute Gasteiger partial charge is 0.490 e. The average molecular weight is 302 g/mol. The van der Waals surface area contributed by atoms with Crippen molar-refractivity contribution >= 4 is 22.0 Å². The van der Waals surface area contributed by atoms with Gasteiger partial charge in [-0.1, -0.05) is 0 Å². The second kappa shape index (κ2) is 5.29. The maximum atomic E-state index is 13.9. The molecule has 0 amide bonds. The van der Waals surface area contributed by atoms with E-state index in [0.29, 0.717) is 24.7 Å². The maximum absolute atomic E-state index is 13.9. The smallest absolute Gasteiger partial charge is 0.235 e. The minimum Gasteiger partial charge on any atom is -0.490 e. The van der Waals surface area contributed by atoms with Crippen molar-refractivity contribution in [3.63, 3.8) is 0 Å². The fourth-order valence-corrected chi connectivity index (χ4v) is 2.02. The third-order valence-electron chi connectivity index (χ3n) is 2.32. The zero-order valence-corrected chi connectivity index (χ0v) is 10.4. The first kappa shape index (κ1) is 12.1. The lowest BCUT2D eigenvalue weighted by Gasteiger charge is -2.12. The first-order valence-electron chi connectivity index (χ1n) is 5.04. The molecule has 1 aromatic carbocycles. The fourth-order valence-electron chi connectivity index (χ4n) is 1.57. The van der Waals surface area contributed by atoms with E-state index in [1.54, 1.807) is 0 Å². The summed E-state index contributed by atoms with van der Waals surface area (Å²) in [6.45, 7) is 0.855. The van der Waals surface area contributed by atoms with Gasteiger partial charge in [0.05, 0.1) is 29.8 Å². The van der Waals surface area contributed by atoms with Crippen molar-refractivity contribution in [3.8, 4) is 11.5 Å². The van der Waals surface area contributed by atoms with Gasteiger partial charge >= 0.3 is 0 Å². The number of rotatable bonds is 2. The predicted octanol–water partition coefficient (Wildman–Crippen LogP) is 2.59. The van der Waals surface area contributed by atoms with Gasteiger partial charge in [0.25, 0.3) is 0 Å². The number of aliphatic imine (C=N–C) groups is 1. The highest BCUT2D eigenvalue weighted by atomic mass is 79.9. The monoisotopic (exact) mass is 301 g/mol. The molecule has 90 valence electrons. The van der Waals surface area contributed by atoms with Gasteiger partial charge in [-0.2, -0.15) is 0 Å². The quantitative estimate of drug-likeness (QED) is 0.623. The molecule has 0 aromatic heterocycles. The minimum absolute atomic E-state index is 0.111. The zero-order valence-electron chi connectivity index (χ0n) is 8.83. The molecule has 2 rings (SSSR count). The fraction of sp³-hybridized carbons (Fsp3) is 0.364. The molecule has 17 heavy (non-hydrogen) atoms. The van der Waals surface area contributed by atoms with Gasteiger partial charge in [0.15, 0.2) is 11.5 Å². The molecule has 0 spiro atoms. The van der Waals surface area contributed by atoms with E-state index >= 15 is 0 Å². The molecule has 4 nitrogen and oxygen atoms in total. The average Bonchev–Trinajstić information content (AvgIpc) is 2.55. The molecule has 1 aliphatic heterocycles. The number of benzene rings is 1. The molecule has 0 saturated heterocycles. The van der Waals surface area contributed by atoms with E-state index in [2.05, 4.69) is 20.9 Å². The van der Waals surface area contributed by atoms with Crippen LogP contribution in [0.25, 0.3) is 0 Å². The summed E-state index contributed by atoms with van der Waals surface area (Å²) in [6, 6.07) is 1.52. The Morgan fingerprint density at radius 1 is 1.47 bits per heavy atom. The van der Waals surface area contributed by atoms with E-state index in [0.717, 1.165) is 6.42 Å². The van der Waals surface area contributed by atoms with E-state index in [-0.39, 0.29) is 16.6 Å². The van der Waals surface area contributed by atoms with Gasteiger partial charge in [-0.05, 0) is 15.9 Å². The Morgan fingerprint density at radius 3 is 3.00 bits per heavy atom. The Hall–Kier alpha value is -1.39. The van der Waals surface area contributed by atoms with Crippen LogP contribution in [0.1, 0.15) is 12.0 Å². The van der Waals surface area contributed by atoms with Gasteiger partial charge in [0.1, 0.15) is 5.82 Å². The summed E-state index contributed by atoms with van der Waals surface area (Å²) in [4.78, 5) is 13.5. The molecular formula is C11H9BrFNO3. The van der Waals surface area contributed by atoms with E-state index in [1.807, 2.05) is 0 Å². The second-order valence-corrected chi connectivity index (χ2v) is 4.29. The Bertz CT molecular complexity index is 486. The van der Waals surface area contributed by atoms with Crippen LogP contribution in [0.15, 0.2) is 15.5 Å². The molecule has 1 aliphatic rings. The topological polar surface area (TPSA) is 47.9 Å². The van der Waals surface area contributed by atoms with Crippen LogP contribution in [-0.4, -0.2) is 19.3 Å². The SMILES string of the molecule is O=C=NCc1c(F)c(Br)cc2c1OCCCO2. The molecule has 1 heterocycles. The van der Waals surface area contributed by atoms with Gasteiger partial charge in [0, 0.05) is 12.5 Å².